The van der Waals surface area contributed by atoms with Crippen molar-refractivity contribution in [2.24, 2.45) is 0 Å². The van der Waals surface area contributed by atoms with E-state index in [4.69, 9.17) is 0 Å². The van der Waals surface area contributed by atoms with E-state index in [2.05, 4.69) is 6.58 Å². The number of hydrogen-bond donors (Lipinski definition) is 0. The van der Waals surface area contributed by atoms with Gasteiger partial charge in [-0.15, -0.1) is 0 Å². The van der Waals surface area contributed by atoms with Gasteiger partial charge < -0.3 is 5.48 Å². The summed E-state index contributed by atoms with van der Waals surface area (Å²) in [6, 6.07) is 6.23. The lowest BCUT2D eigenvalue weighted by Gasteiger charge is -1.81. The summed E-state index contributed by atoms with van der Waals surface area (Å²) < 4.78 is 0. The van der Waals surface area contributed by atoms with Crippen LogP contribution in [0, 0.1) is 0 Å². The van der Waals surface area contributed by atoms with Crippen molar-refractivity contribution in [2.45, 2.75) is 0 Å². The Morgan fingerprint density at radius 2 is 1.16 bits per heavy atom. The fraction of sp³-hybridized carbons (Fsp3) is 0. The molecular formula is C15H12O4. The molecule has 0 spiro atoms. The van der Waals surface area contributed by atoms with Gasteiger partial charge in [-0.3, -0.25) is 14.4 Å². The van der Waals surface area contributed by atoms with Gasteiger partial charge in [-0.05, 0) is 5.57 Å². The van der Waals surface area contributed by atoms with E-state index in [-0.39, 0.29) is 16.2 Å². The van der Waals surface area contributed by atoms with Gasteiger partial charge in [-0.2, -0.15) is 0 Å². The van der Waals surface area contributed by atoms with Crippen molar-refractivity contribution >= 4 is 10.8 Å². The van der Waals surface area contributed by atoms with Crippen molar-refractivity contribution in [3.8, 4) is 0 Å². The third kappa shape index (κ3) is 2.81. The minimum absolute atomic E-state index is 0. The summed E-state index contributed by atoms with van der Waals surface area (Å²) in [7, 11) is 0. The summed E-state index contributed by atoms with van der Waals surface area (Å²) in [4.78, 5) is 32.9. The molecule has 1 aliphatic rings. The van der Waals surface area contributed by atoms with Crippen molar-refractivity contribution in [1.29, 1.82) is 0 Å². The molecule has 0 saturated heterocycles. The van der Waals surface area contributed by atoms with Crippen molar-refractivity contribution in [2.75, 3.05) is 0 Å². The Kier molecular flexibility index (Phi) is 4.45. The molecule has 0 radical (unpaired) electrons. The number of hydrogen-bond acceptors (Lipinski definition) is 3. The fourth-order valence-corrected chi connectivity index (χ4v) is 1.64. The van der Waals surface area contributed by atoms with E-state index in [1.54, 1.807) is 12.1 Å². The maximum Gasteiger partial charge on any atom is 0.273 e. The van der Waals surface area contributed by atoms with Crippen molar-refractivity contribution in [3.05, 3.63) is 91.4 Å². The van der Waals surface area contributed by atoms with E-state index in [9.17, 15) is 14.4 Å². The van der Waals surface area contributed by atoms with Gasteiger partial charge >= 0.3 is 0 Å². The molecule has 19 heavy (non-hydrogen) atoms. The lowest BCUT2D eigenvalue weighted by molar-refractivity contribution is 0.824. The molecule has 0 aliphatic heterocycles. The van der Waals surface area contributed by atoms with Crippen LogP contribution < -0.4 is 16.3 Å². The third-order valence-corrected chi connectivity index (χ3v) is 2.56. The standard InChI is InChI=1S/C9H4O3.C6H6.H2O/c10-7-5-3-1-2-4-6(5)8(11)9(7)12;1-6-4-2-3-5-6;/h1-4H;2-5H,1H2;1H2. The monoisotopic (exact) mass is 256 g/mol. The van der Waals surface area contributed by atoms with E-state index in [1.165, 1.54) is 12.1 Å². The molecule has 0 heterocycles. The van der Waals surface area contributed by atoms with Crippen LogP contribution in [0.1, 0.15) is 0 Å². The zero-order valence-corrected chi connectivity index (χ0v) is 10.1. The van der Waals surface area contributed by atoms with E-state index in [1.807, 2.05) is 24.3 Å². The quantitative estimate of drug-likeness (QED) is 0.648. The van der Waals surface area contributed by atoms with Crippen molar-refractivity contribution < 1.29 is 5.48 Å². The van der Waals surface area contributed by atoms with Gasteiger partial charge in [0, 0.05) is 10.8 Å². The Labute approximate surface area is 108 Å². The molecule has 96 valence electrons. The second-order valence-corrected chi connectivity index (χ2v) is 3.83. The van der Waals surface area contributed by atoms with Crippen LogP contribution in [0.15, 0.2) is 75.1 Å². The van der Waals surface area contributed by atoms with Crippen LogP contribution in [0.5, 0.6) is 0 Å². The van der Waals surface area contributed by atoms with Crippen molar-refractivity contribution in [1.82, 2.24) is 0 Å². The fourth-order valence-electron chi connectivity index (χ4n) is 1.64. The van der Waals surface area contributed by atoms with Crippen LogP contribution in [0.2, 0.25) is 0 Å². The average molecular weight is 256 g/mol. The topological polar surface area (TPSA) is 82.7 Å². The Bertz CT molecular complexity index is 739. The largest absolute Gasteiger partial charge is 0.412 e. The summed E-state index contributed by atoms with van der Waals surface area (Å²) in [6.45, 7) is 3.68. The summed E-state index contributed by atoms with van der Waals surface area (Å²) in [5.74, 6) is 0. The predicted octanol–water partition coefficient (Wildman–Crippen LogP) is 0.640. The molecule has 2 aromatic rings. The highest BCUT2D eigenvalue weighted by Crippen LogP contribution is 2.02. The molecule has 1 aliphatic carbocycles. The molecule has 0 saturated carbocycles. The summed E-state index contributed by atoms with van der Waals surface area (Å²) in [5.41, 5.74) is -1.20. The van der Waals surface area contributed by atoms with Gasteiger partial charge in [0.2, 0.25) is 10.9 Å². The summed E-state index contributed by atoms with van der Waals surface area (Å²) in [6.07, 6.45) is 7.89. The Morgan fingerprint density at radius 1 is 0.737 bits per heavy atom. The van der Waals surface area contributed by atoms with Crippen LogP contribution in [-0.2, 0) is 0 Å². The zero-order chi connectivity index (χ0) is 13.1. The first-order chi connectivity index (χ1) is 8.61. The number of benzene rings is 1. The third-order valence-electron chi connectivity index (χ3n) is 2.56. The van der Waals surface area contributed by atoms with Gasteiger partial charge in [-0.25, -0.2) is 0 Å². The first kappa shape index (κ1) is 14.5. The van der Waals surface area contributed by atoms with E-state index < -0.39 is 16.3 Å². The molecule has 4 nitrogen and oxygen atoms in total. The normalized spacial score (nSPS) is 12.1. The highest BCUT2D eigenvalue weighted by atomic mass is 16.2. The predicted molar refractivity (Wildman–Crippen MR) is 76.2 cm³/mol. The summed E-state index contributed by atoms with van der Waals surface area (Å²) in [5, 5.41) is 0.458. The summed E-state index contributed by atoms with van der Waals surface area (Å²) >= 11 is 0. The molecule has 2 N–H and O–H groups in total. The van der Waals surface area contributed by atoms with Crippen molar-refractivity contribution in [3.63, 3.8) is 0 Å². The molecule has 4 heteroatoms. The van der Waals surface area contributed by atoms with Gasteiger partial charge in [0.25, 0.3) is 5.43 Å². The van der Waals surface area contributed by atoms with Crippen LogP contribution in [-0.4, -0.2) is 5.48 Å². The first-order valence-corrected chi connectivity index (χ1v) is 5.37. The second kappa shape index (κ2) is 5.84. The van der Waals surface area contributed by atoms with Crippen LogP contribution in [0.4, 0.5) is 0 Å². The lowest BCUT2D eigenvalue weighted by atomic mass is 10.2. The molecule has 0 aromatic heterocycles. The molecule has 3 rings (SSSR count). The first-order valence-electron chi connectivity index (χ1n) is 5.37. The Balaban J connectivity index is 0.000000220. The Morgan fingerprint density at radius 3 is 1.47 bits per heavy atom. The van der Waals surface area contributed by atoms with Gasteiger partial charge in [0.15, 0.2) is 0 Å². The van der Waals surface area contributed by atoms with Crippen LogP contribution in [0.25, 0.3) is 10.8 Å². The van der Waals surface area contributed by atoms with E-state index >= 15 is 0 Å². The molecule has 2 aromatic carbocycles. The Hall–Kier alpha value is -2.59. The van der Waals surface area contributed by atoms with E-state index in [0.717, 1.165) is 5.57 Å². The number of fused-ring (bicyclic) bond motifs is 1. The van der Waals surface area contributed by atoms with Gasteiger partial charge in [0.1, 0.15) is 0 Å². The van der Waals surface area contributed by atoms with Gasteiger partial charge in [0.05, 0.1) is 0 Å². The number of allylic oxidation sites excluding steroid dienone is 5. The smallest absolute Gasteiger partial charge is 0.273 e. The molecule has 0 amide bonds. The molecular weight excluding hydrogens is 244 g/mol. The zero-order valence-electron chi connectivity index (χ0n) is 10.1. The SMILES string of the molecule is C=C1C=CC=C1.O.O=c1c(=O)c2ccccc2c1=O. The van der Waals surface area contributed by atoms with Crippen LogP contribution in [0.3, 0.4) is 0 Å². The second-order valence-electron chi connectivity index (χ2n) is 3.83. The minimum Gasteiger partial charge on any atom is -0.412 e. The van der Waals surface area contributed by atoms with Crippen LogP contribution >= 0.6 is 0 Å². The highest BCUT2D eigenvalue weighted by Gasteiger charge is 2.09. The number of rotatable bonds is 0. The highest BCUT2D eigenvalue weighted by molar-refractivity contribution is 5.83. The lowest BCUT2D eigenvalue weighted by Crippen LogP contribution is -2.29. The minimum atomic E-state index is -0.920. The maximum absolute atomic E-state index is 11.0. The average Bonchev–Trinajstić information content (AvgIpc) is 2.94. The molecule has 0 bridgehead atoms. The molecule has 0 atom stereocenters. The maximum atomic E-state index is 11.0. The molecule has 0 unspecified atom stereocenters. The molecule has 0 fully saturated rings. The van der Waals surface area contributed by atoms with E-state index in [0.29, 0.717) is 0 Å². The van der Waals surface area contributed by atoms with Gasteiger partial charge in [-0.1, -0.05) is 55.1 Å².